The van der Waals surface area contributed by atoms with Crippen molar-refractivity contribution in [2.75, 3.05) is 11.4 Å². The summed E-state index contributed by atoms with van der Waals surface area (Å²) in [6, 6.07) is 6.58. The quantitative estimate of drug-likeness (QED) is 0.731. The van der Waals surface area contributed by atoms with E-state index in [1.807, 2.05) is 26.8 Å². The first-order valence-corrected chi connectivity index (χ1v) is 9.12. The molecule has 0 spiro atoms. The number of hydrogen-bond acceptors (Lipinski definition) is 3. The van der Waals surface area contributed by atoms with E-state index in [0.717, 1.165) is 6.42 Å². The molecule has 1 aromatic carbocycles. The third kappa shape index (κ3) is 5.31. The van der Waals surface area contributed by atoms with Crippen LogP contribution in [0.1, 0.15) is 63.2 Å². The topological polar surface area (TPSA) is 86.7 Å². The fourth-order valence-electron chi connectivity index (χ4n) is 3.21. The first-order chi connectivity index (χ1) is 12.2. The number of amides is 2. The number of rotatable bonds is 7. The number of hydrogen-bond donors (Lipinski definition) is 2. The Morgan fingerprint density at radius 1 is 1.15 bits per heavy atom. The van der Waals surface area contributed by atoms with Gasteiger partial charge in [-0.25, -0.2) is 0 Å². The van der Waals surface area contributed by atoms with Crippen LogP contribution >= 0.6 is 0 Å². The van der Waals surface area contributed by atoms with Gasteiger partial charge in [-0.1, -0.05) is 39.3 Å². The molecule has 2 N–H and O–H groups in total. The van der Waals surface area contributed by atoms with Gasteiger partial charge in [0.25, 0.3) is 5.91 Å². The number of carboxylic acid groups (broad SMARTS) is 1. The van der Waals surface area contributed by atoms with Gasteiger partial charge in [0.15, 0.2) is 0 Å². The van der Waals surface area contributed by atoms with Crippen molar-refractivity contribution in [3.63, 3.8) is 0 Å². The van der Waals surface area contributed by atoms with Crippen LogP contribution in [0, 0.1) is 5.41 Å². The fraction of sp³-hybridized carbons (Fsp3) is 0.550. The third-order valence-corrected chi connectivity index (χ3v) is 4.40. The first-order valence-electron chi connectivity index (χ1n) is 9.12. The lowest BCUT2D eigenvalue weighted by atomic mass is 9.87. The van der Waals surface area contributed by atoms with Crippen LogP contribution < -0.4 is 10.2 Å². The molecule has 26 heavy (non-hydrogen) atoms. The van der Waals surface area contributed by atoms with Gasteiger partial charge in [-0.15, -0.1) is 0 Å². The van der Waals surface area contributed by atoms with Crippen LogP contribution in [0.15, 0.2) is 24.3 Å². The van der Waals surface area contributed by atoms with Crippen molar-refractivity contribution < 1.29 is 19.5 Å². The van der Waals surface area contributed by atoms with Crippen LogP contribution in [0.5, 0.6) is 0 Å². The predicted molar refractivity (Wildman–Crippen MR) is 100 cm³/mol. The van der Waals surface area contributed by atoms with Crippen molar-refractivity contribution in [3.05, 3.63) is 29.8 Å². The first kappa shape index (κ1) is 19.9. The number of nitrogens with one attached hydrogen (secondary N) is 1. The number of para-hydroxylation sites is 1. The summed E-state index contributed by atoms with van der Waals surface area (Å²) in [4.78, 5) is 38.0. The van der Waals surface area contributed by atoms with Crippen molar-refractivity contribution in [2.45, 2.75) is 58.9 Å². The Morgan fingerprint density at radius 3 is 2.50 bits per heavy atom. The molecule has 2 amide bonds. The van der Waals surface area contributed by atoms with Crippen molar-refractivity contribution in [1.82, 2.24) is 5.32 Å². The van der Waals surface area contributed by atoms with E-state index >= 15 is 0 Å². The van der Waals surface area contributed by atoms with E-state index in [2.05, 4.69) is 5.32 Å². The van der Waals surface area contributed by atoms with Gasteiger partial charge in [-0.3, -0.25) is 14.4 Å². The molecule has 1 aliphatic heterocycles. The summed E-state index contributed by atoms with van der Waals surface area (Å²) < 4.78 is 0. The van der Waals surface area contributed by atoms with Crippen LogP contribution in [0.2, 0.25) is 0 Å². The molecule has 0 bridgehead atoms. The van der Waals surface area contributed by atoms with Gasteiger partial charge in [-0.2, -0.15) is 0 Å². The lowest BCUT2D eigenvalue weighted by Crippen LogP contribution is -2.47. The summed E-state index contributed by atoms with van der Waals surface area (Å²) in [6.07, 6.45) is 2.70. The molecular weight excluding hydrogens is 332 g/mol. The zero-order chi connectivity index (χ0) is 19.3. The van der Waals surface area contributed by atoms with E-state index < -0.39 is 12.0 Å². The van der Waals surface area contributed by atoms with Crippen LogP contribution in [0.4, 0.5) is 5.69 Å². The predicted octanol–water partition coefficient (Wildman–Crippen LogP) is 3.21. The van der Waals surface area contributed by atoms with Crippen LogP contribution in [-0.4, -0.2) is 35.5 Å². The number of carboxylic acids is 1. The molecule has 1 aromatic rings. The number of nitrogens with zero attached hydrogens (tertiary/aromatic N) is 1. The number of unbranched alkanes of at least 4 members (excludes halogenated alkanes) is 2. The molecule has 1 aliphatic rings. The molecule has 6 nitrogen and oxygen atoms in total. The molecule has 142 valence electrons. The van der Waals surface area contributed by atoms with Gasteiger partial charge in [0.1, 0.15) is 6.04 Å². The van der Waals surface area contributed by atoms with Gasteiger partial charge in [0.2, 0.25) is 5.91 Å². The molecule has 6 heteroatoms. The molecule has 0 fully saturated rings. The van der Waals surface area contributed by atoms with E-state index in [1.165, 1.54) is 0 Å². The van der Waals surface area contributed by atoms with E-state index in [1.54, 1.807) is 23.1 Å². The molecule has 0 unspecified atom stereocenters. The van der Waals surface area contributed by atoms with Gasteiger partial charge >= 0.3 is 5.97 Å². The van der Waals surface area contributed by atoms with Crippen molar-refractivity contribution in [3.8, 4) is 0 Å². The highest BCUT2D eigenvalue weighted by Gasteiger charge is 2.35. The lowest BCUT2D eigenvalue weighted by molar-refractivity contribution is -0.137. The number of carbonyl (C=O) groups excluding carboxylic acids is 2. The normalized spacial score (nSPS) is 17.5. The molecule has 1 atom stereocenters. The van der Waals surface area contributed by atoms with Gasteiger partial charge in [0, 0.05) is 13.0 Å². The Kier molecular flexibility index (Phi) is 6.40. The summed E-state index contributed by atoms with van der Waals surface area (Å²) in [5.74, 6) is -1.13. The molecule has 0 aliphatic carbocycles. The van der Waals surface area contributed by atoms with Crippen molar-refractivity contribution >= 4 is 23.5 Å². The van der Waals surface area contributed by atoms with Gasteiger partial charge in [0.05, 0.1) is 11.3 Å². The maximum absolute atomic E-state index is 13.1. The zero-order valence-corrected chi connectivity index (χ0v) is 15.7. The van der Waals surface area contributed by atoms with Crippen LogP contribution in [0.3, 0.4) is 0 Å². The molecule has 2 rings (SSSR count). The second-order valence-electron chi connectivity index (χ2n) is 8.00. The lowest BCUT2D eigenvalue weighted by Gasteiger charge is -2.29. The zero-order valence-electron chi connectivity index (χ0n) is 15.7. The van der Waals surface area contributed by atoms with Gasteiger partial charge < -0.3 is 15.3 Å². The minimum atomic E-state index is -0.804. The molecule has 0 saturated heterocycles. The maximum Gasteiger partial charge on any atom is 0.303 e. The smallest absolute Gasteiger partial charge is 0.303 e. The standard InChI is InChI=1S/C20H28N2O4/c1-20(2,3)13-15-19(26)22(12-8-4-5-11-17(23)24)16-10-7-6-9-14(16)18(25)21-15/h6-7,9-10,15H,4-5,8,11-13H2,1-3H3,(H,21,25)(H,23,24)/t15-/m0/s1. The summed E-state index contributed by atoms with van der Waals surface area (Å²) in [5.41, 5.74) is 1.03. The second kappa shape index (κ2) is 8.34. The summed E-state index contributed by atoms with van der Waals surface area (Å²) in [6.45, 7) is 6.60. The number of fused-ring (bicyclic) bond motifs is 1. The maximum atomic E-state index is 13.1. The Morgan fingerprint density at radius 2 is 1.85 bits per heavy atom. The van der Waals surface area contributed by atoms with Gasteiger partial charge in [-0.05, 0) is 36.8 Å². The van der Waals surface area contributed by atoms with Crippen LogP contribution in [-0.2, 0) is 9.59 Å². The molecule has 0 radical (unpaired) electrons. The van der Waals surface area contributed by atoms with Crippen LogP contribution in [0.25, 0.3) is 0 Å². The molecule has 0 aromatic heterocycles. The summed E-state index contributed by atoms with van der Waals surface area (Å²) in [7, 11) is 0. The van der Waals surface area contributed by atoms with Crippen molar-refractivity contribution in [2.24, 2.45) is 5.41 Å². The third-order valence-electron chi connectivity index (χ3n) is 4.40. The largest absolute Gasteiger partial charge is 0.481 e. The average Bonchev–Trinajstić information content (AvgIpc) is 2.63. The monoisotopic (exact) mass is 360 g/mol. The fourth-order valence-corrected chi connectivity index (χ4v) is 3.21. The number of aliphatic carboxylic acids is 1. The van der Waals surface area contributed by atoms with E-state index in [9.17, 15) is 14.4 Å². The molecule has 0 saturated carbocycles. The summed E-state index contributed by atoms with van der Waals surface area (Å²) in [5, 5.41) is 11.6. The van der Waals surface area contributed by atoms with E-state index in [4.69, 9.17) is 5.11 Å². The highest BCUT2D eigenvalue weighted by atomic mass is 16.4. The minimum absolute atomic E-state index is 0.0999. The Hall–Kier alpha value is -2.37. The average molecular weight is 360 g/mol. The highest BCUT2D eigenvalue weighted by molar-refractivity contribution is 6.10. The Balaban J connectivity index is 2.19. The summed E-state index contributed by atoms with van der Waals surface area (Å²) >= 11 is 0. The molecule has 1 heterocycles. The van der Waals surface area contributed by atoms with E-state index in [-0.39, 0.29) is 23.7 Å². The minimum Gasteiger partial charge on any atom is -0.481 e. The van der Waals surface area contributed by atoms with E-state index in [0.29, 0.717) is 37.1 Å². The second-order valence-corrected chi connectivity index (χ2v) is 8.00. The number of carbonyl (C=O) groups is 3. The van der Waals surface area contributed by atoms with Crippen molar-refractivity contribution in [1.29, 1.82) is 0 Å². The SMILES string of the molecule is CC(C)(C)C[C@@H]1NC(=O)c2ccccc2N(CCCCCC(=O)O)C1=O. The Bertz CT molecular complexity index is 679. The Labute approximate surface area is 154 Å². The molecular formula is C20H28N2O4. The highest BCUT2D eigenvalue weighted by Crippen LogP contribution is 2.29. The number of anilines is 1. The number of benzene rings is 1.